The van der Waals surface area contributed by atoms with Crippen LogP contribution in [0, 0.1) is 13.8 Å². The summed E-state index contributed by atoms with van der Waals surface area (Å²) in [6.07, 6.45) is 0.805. The number of aryl methyl sites for hydroxylation is 2. The molecule has 1 aromatic heterocycles. The summed E-state index contributed by atoms with van der Waals surface area (Å²) in [6, 6.07) is 14.3. The van der Waals surface area contributed by atoms with Crippen molar-refractivity contribution < 1.29 is 4.79 Å². The first-order valence-corrected chi connectivity index (χ1v) is 11.8. The molecule has 4 nitrogen and oxygen atoms in total. The second kappa shape index (κ2) is 9.19. The minimum Gasteiger partial charge on any atom is -0.322 e. The molecule has 1 saturated heterocycles. The lowest BCUT2D eigenvalue weighted by molar-refractivity contribution is 0.102. The maximum absolute atomic E-state index is 13.4. The highest BCUT2D eigenvalue weighted by atomic mass is 32.2. The SMILES string of the molecule is CCc1nc2ccccc2c(C(=O)Nc2cc(CN3CCSCC3)ccc2C)c1C. The number of nitrogens with zero attached hydrogens (tertiary/aromatic N) is 2. The van der Waals surface area contributed by atoms with E-state index in [1.807, 2.05) is 49.9 Å². The lowest BCUT2D eigenvalue weighted by Gasteiger charge is -2.26. The van der Waals surface area contributed by atoms with Crippen LogP contribution in [0.5, 0.6) is 0 Å². The minimum atomic E-state index is -0.0598. The fraction of sp³-hybridized carbons (Fsp3) is 0.360. The van der Waals surface area contributed by atoms with Gasteiger partial charge in [0, 0.05) is 47.9 Å². The highest BCUT2D eigenvalue weighted by molar-refractivity contribution is 7.99. The van der Waals surface area contributed by atoms with Crippen molar-refractivity contribution in [3.63, 3.8) is 0 Å². The van der Waals surface area contributed by atoms with Gasteiger partial charge in [-0.2, -0.15) is 11.8 Å². The zero-order chi connectivity index (χ0) is 21.1. The Labute approximate surface area is 183 Å². The van der Waals surface area contributed by atoms with E-state index in [1.165, 1.54) is 17.1 Å². The molecule has 4 rings (SSSR count). The molecule has 5 heteroatoms. The summed E-state index contributed by atoms with van der Waals surface area (Å²) in [6.45, 7) is 9.32. The van der Waals surface area contributed by atoms with Crippen molar-refractivity contribution in [2.75, 3.05) is 29.9 Å². The second-order valence-electron chi connectivity index (χ2n) is 7.92. The van der Waals surface area contributed by atoms with Gasteiger partial charge in [0.15, 0.2) is 0 Å². The molecule has 0 atom stereocenters. The van der Waals surface area contributed by atoms with Crippen LogP contribution in [-0.4, -0.2) is 40.4 Å². The standard InChI is InChI=1S/C25H29N3OS/c1-4-21-18(3)24(20-7-5-6-8-22(20)26-21)25(29)27-23-15-19(10-9-17(23)2)16-28-11-13-30-14-12-28/h5-10,15H,4,11-14,16H2,1-3H3,(H,27,29). The first-order chi connectivity index (χ1) is 14.6. The van der Waals surface area contributed by atoms with Crippen LogP contribution in [0.2, 0.25) is 0 Å². The molecule has 0 unspecified atom stereocenters. The van der Waals surface area contributed by atoms with E-state index in [4.69, 9.17) is 4.98 Å². The Morgan fingerprint density at radius 2 is 1.90 bits per heavy atom. The Hall–Kier alpha value is -2.37. The van der Waals surface area contributed by atoms with Gasteiger partial charge in [-0.05, 0) is 49.1 Å². The zero-order valence-electron chi connectivity index (χ0n) is 18.0. The van der Waals surface area contributed by atoms with Crippen molar-refractivity contribution in [2.45, 2.75) is 33.7 Å². The number of rotatable bonds is 5. The molecule has 30 heavy (non-hydrogen) atoms. The fourth-order valence-corrected chi connectivity index (χ4v) is 5.08. The summed E-state index contributed by atoms with van der Waals surface area (Å²) in [5.41, 5.74) is 6.76. The number of para-hydroxylation sites is 1. The molecule has 0 bridgehead atoms. The number of nitrogens with one attached hydrogen (secondary N) is 1. The smallest absolute Gasteiger partial charge is 0.256 e. The molecular weight excluding hydrogens is 390 g/mol. The summed E-state index contributed by atoms with van der Waals surface area (Å²) in [7, 11) is 0. The highest BCUT2D eigenvalue weighted by Crippen LogP contribution is 2.26. The predicted octanol–water partition coefficient (Wildman–Crippen LogP) is 5.22. The van der Waals surface area contributed by atoms with Gasteiger partial charge in [0.1, 0.15) is 0 Å². The van der Waals surface area contributed by atoms with Gasteiger partial charge >= 0.3 is 0 Å². The molecule has 2 aromatic carbocycles. The molecule has 156 valence electrons. The minimum absolute atomic E-state index is 0.0598. The van der Waals surface area contributed by atoms with Crippen LogP contribution in [0.4, 0.5) is 5.69 Å². The molecule has 0 saturated carbocycles. The quantitative estimate of drug-likeness (QED) is 0.616. The summed E-state index contributed by atoms with van der Waals surface area (Å²) in [5.74, 6) is 2.34. The number of hydrogen-bond acceptors (Lipinski definition) is 4. The second-order valence-corrected chi connectivity index (χ2v) is 9.15. The third-order valence-corrected chi connectivity index (χ3v) is 6.80. The molecule has 3 aromatic rings. The molecular formula is C25H29N3OS. The molecule has 2 heterocycles. The number of aromatic nitrogens is 1. The van der Waals surface area contributed by atoms with Crippen molar-refractivity contribution in [3.8, 4) is 0 Å². The number of amides is 1. The number of carbonyl (C=O) groups is 1. The van der Waals surface area contributed by atoms with Crippen LogP contribution >= 0.6 is 11.8 Å². The number of anilines is 1. The van der Waals surface area contributed by atoms with Crippen molar-refractivity contribution >= 4 is 34.3 Å². The van der Waals surface area contributed by atoms with Crippen LogP contribution in [0.15, 0.2) is 42.5 Å². The number of thioether (sulfide) groups is 1. The van der Waals surface area contributed by atoms with Gasteiger partial charge < -0.3 is 5.32 Å². The molecule has 1 N–H and O–H groups in total. The van der Waals surface area contributed by atoms with Gasteiger partial charge in [-0.25, -0.2) is 0 Å². The molecule has 0 spiro atoms. The lowest BCUT2D eigenvalue weighted by atomic mass is 9.99. The first-order valence-electron chi connectivity index (χ1n) is 10.7. The predicted molar refractivity (Wildman–Crippen MR) is 128 cm³/mol. The van der Waals surface area contributed by atoms with E-state index in [-0.39, 0.29) is 5.91 Å². The molecule has 1 aliphatic rings. The molecule has 0 radical (unpaired) electrons. The van der Waals surface area contributed by atoms with Crippen molar-refractivity contribution in [2.24, 2.45) is 0 Å². The zero-order valence-corrected chi connectivity index (χ0v) is 18.8. The summed E-state index contributed by atoms with van der Waals surface area (Å²) in [5, 5.41) is 4.11. The average molecular weight is 420 g/mol. The van der Waals surface area contributed by atoms with Crippen LogP contribution < -0.4 is 5.32 Å². The van der Waals surface area contributed by atoms with E-state index in [0.29, 0.717) is 0 Å². The maximum Gasteiger partial charge on any atom is 0.256 e. The van der Waals surface area contributed by atoms with E-state index in [0.717, 1.165) is 65.0 Å². The lowest BCUT2D eigenvalue weighted by Crippen LogP contribution is -2.32. The Balaban J connectivity index is 1.64. The van der Waals surface area contributed by atoms with Crippen molar-refractivity contribution in [3.05, 3.63) is 70.4 Å². The van der Waals surface area contributed by atoms with Crippen LogP contribution in [-0.2, 0) is 13.0 Å². The number of benzene rings is 2. The Bertz CT molecular complexity index is 1070. The fourth-order valence-electron chi connectivity index (χ4n) is 4.10. The third kappa shape index (κ3) is 4.37. The number of hydrogen-bond donors (Lipinski definition) is 1. The first kappa shape index (κ1) is 20.9. The molecule has 1 aliphatic heterocycles. The van der Waals surface area contributed by atoms with Gasteiger partial charge in [-0.3, -0.25) is 14.7 Å². The summed E-state index contributed by atoms with van der Waals surface area (Å²) < 4.78 is 0. The monoisotopic (exact) mass is 419 g/mol. The van der Waals surface area contributed by atoms with E-state index >= 15 is 0 Å². The van der Waals surface area contributed by atoms with E-state index in [9.17, 15) is 4.79 Å². The van der Waals surface area contributed by atoms with Crippen molar-refractivity contribution in [1.82, 2.24) is 9.88 Å². The maximum atomic E-state index is 13.4. The van der Waals surface area contributed by atoms with Crippen molar-refractivity contribution in [1.29, 1.82) is 0 Å². The Kier molecular flexibility index (Phi) is 6.40. The highest BCUT2D eigenvalue weighted by Gasteiger charge is 2.18. The van der Waals surface area contributed by atoms with Crippen LogP contribution in [0.25, 0.3) is 10.9 Å². The largest absolute Gasteiger partial charge is 0.322 e. The molecule has 1 amide bonds. The third-order valence-electron chi connectivity index (χ3n) is 5.86. The van der Waals surface area contributed by atoms with E-state index in [1.54, 1.807) is 0 Å². The van der Waals surface area contributed by atoms with Gasteiger partial charge in [-0.15, -0.1) is 0 Å². The van der Waals surface area contributed by atoms with Crippen LogP contribution in [0.1, 0.15) is 39.7 Å². The van der Waals surface area contributed by atoms with Gasteiger partial charge in [0.25, 0.3) is 5.91 Å². The number of fused-ring (bicyclic) bond motifs is 1. The Morgan fingerprint density at radius 1 is 1.13 bits per heavy atom. The van der Waals surface area contributed by atoms with E-state index < -0.39 is 0 Å². The molecule has 0 aliphatic carbocycles. The topological polar surface area (TPSA) is 45.2 Å². The number of pyridine rings is 1. The van der Waals surface area contributed by atoms with E-state index in [2.05, 4.69) is 35.3 Å². The molecule has 1 fully saturated rings. The summed E-state index contributed by atoms with van der Waals surface area (Å²) >= 11 is 2.02. The van der Waals surface area contributed by atoms with Crippen LogP contribution in [0.3, 0.4) is 0 Å². The Morgan fingerprint density at radius 3 is 2.67 bits per heavy atom. The number of carbonyl (C=O) groups excluding carboxylic acids is 1. The van der Waals surface area contributed by atoms with Gasteiger partial charge in [0.05, 0.1) is 11.1 Å². The summed E-state index contributed by atoms with van der Waals surface area (Å²) in [4.78, 5) is 20.7. The van der Waals surface area contributed by atoms with Gasteiger partial charge in [0.2, 0.25) is 0 Å². The average Bonchev–Trinajstić information content (AvgIpc) is 2.76. The normalized spacial score (nSPS) is 14.8. The van der Waals surface area contributed by atoms with Gasteiger partial charge in [-0.1, -0.05) is 37.3 Å².